The van der Waals surface area contributed by atoms with Crippen molar-refractivity contribution in [2.45, 2.75) is 12.8 Å². The van der Waals surface area contributed by atoms with Crippen molar-refractivity contribution in [2.75, 3.05) is 19.5 Å². The highest BCUT2D eigenvalue weighted by atomic mass is 19.1. The van der Waals surface area contributed by atoms with Gasteiger partial charge in [0.2, 0.25) is 17.6 Å². The number of hydrogen-bond acceptors (Lipinski definition) is 6. The van der Waals surface area contributed by atoms with Crippen LogP contribution in [0.15, 0.2) is 47.0 Å². The van der Waals surface area contributed by atoms with Crippen LogP contribution in [0.5, 0.6) is 11.5 Å². The van der Waals surface area contributed by atoms with Crippen molar-refractivity contribution in [1.29, 1.82) is 0 Å². The van der Waals surface area contributed by atoms with Gasteiger partial charge in [0.15, 0.2) is 11.5 Å². The van der Waals surface area contributed by atoms with Crippen molar-refractivity contribution < 1.29 is 23.2 Å². The minimum atomic E-state index is -0.413. The lowest BCUT2D eigenvalue weighted by Crippen LogP contribution is -2.12. The summed E-state index contributed by atoms with van der Waals surface area (Å²) < 4.78 is 28.8. The average Bonchev–Trinajstić information content (AvgIpc) is 3.15. The molecule has 0 aliphatic carbocycles. The Morgan fingerprint density at radius 3 is 2.70 bits per heavy atom. The van der Waals surface area contributed by atoms with Crippen molar-refractivity contribution in [3.63, 3.8) is 0 Å². The monoisotopic (exact) mass is 371 g/mol. The van der Waals surface area contributed by atoms with Crippen molar-refractivity contribution in [2.24, 2.45) is 0 Å². The maximum absolute atomic E-state index is 13.1. The first-order valence-corrected chi connectivity index (χ1v) is 8.19. The molecule has 8 heteroatoms. The molecule has 1 N–H and O–H groups in total. The summed E-state index contributed by atoms with van der Waals surface area (Å²) in [4.78, 5) is 16.3. The van der Waals surface area contributed by atoms with Crippen LogP contribution in [0.3, 0.4) is 0 Å². The van der Waals surface area contributed by atoms with Gasteiger partial charge in [0.1, 0.15) is 5.82 Å². The first-order chi connectivity index (χ1) is 13.1. The molecular formula is C19H18FN3O4. The standard InChI is InChI=1S/C19H18FN3O4/c1-25-15-7-6-12(10-16(15)26-2)19-22-18(27-23-19)9-8-17(24)21-14-5-3-4-13(20)11-14/h3-7,10-11H,8-9H2,1-2H3,(H,21,24). The number of ether oxygens (including phenoxy) is 2. The van der Waals surface area contributed by atoms with Crippen LogP contribution in [0.4, 0.5) is 10.1 Å². The fourth-order valence-electron chi connectivity index (χ4n) is 2.46. The summed E-state index contributed by atoms with van der Waals surface area (Å²) in [6.07, 6.45) is 0.394. The third-order valence-corrected chi connectivity index (χ3v) is 3.78. The van der Waals surface area contributed by atoms with Gasteiger partial charge < -0.3 is 19.3 Å². The predicted octanol–water partition coefficient (Wildman–Crippen LogP) is 3.46. The number of methoxy groups -OCH3 is 2. The Kier molecular flexibility index (Phi) is 5.65. The van der Waals surface area contributed by atoms with Crippen molar-refractivity contribution in [3.05, 3.63) is 54.2 Å². The summed E-state index contributed by atoms with van der Waals surface area (Å²) >= 11 is 0. The smallest absolute Gasteiger partial charge is 0.227 e. The first-order valence-electron chi connectivity index (χ1n) is 8.19. The Balaban J connectivity index is 1.62. The van der Waals surface area contributed by atoms with Crippen LogP contribution >= 0.6 is 0 Å². The van der Waals surface area contributed by atoms with E-state index in [1.807, 2.05) is 0 Å². The molecule has 0 aliphatic rings. The van der Waals surface area contributed by atoms with Crippen LogP contribution in [-0.2, 0) is 11.2 Å². The quantitative estimate of drug-likeness (QED) is 0.684. The van der Waals surface area contributed by atoms with Gasteiger partial charge in [-0.25, -0.2) is 4.39 Å². The third kappa shape index (κ3) is 4.60. The van der Waals surface area contributed by atoms with Gasteiger partial charge >= 0.3 is 0 Å². The topological polar surface area (TPSA) is 86.5 Å². The zero-order chi connectivity index (χ0) is 19.2. The zero-order valence-electron chi connectivity index (χ0n) is 14.9. The summed E-state index contributed by atoms with van der Waals surface area (Å²) in [7, 11) is 3.10. The average molecular weight is 371 g/mol. The van der Waals surface area contributed by atoms with E-state index in [1.165, 1.54) is 18.2 Å². The highest BCUT2D eigenvalue weighted by Crippen LogP contribution is 2.31. The van der Waals surface area contributed by atoms with Crippen molar-refractivity contribution in [1.82, 2.24) is 10.1 Å². The normalized spacial score (nSPS) is 10.5. The molecule has 140 valence electrons. The van der Waals surface area contributed by atoms with Gasteiger partial charge in [-0.1, -0.05) is 11.2 Å². The molecule has 0 fully saturated rings. The minimum absolute atomic E-state index is 0.129. The molecule has 0 atom stereocenters. The molecule has 27 heavy (non-hydrogen) atoms. The molecule has 1 aromatic heterocycles. The van der Waals surface area contributed by atoms with Gasteiger partial charge in [-0.2, -0.15) is 4.98 Å². The van der Waals surface area contributed by atoms with E-state index in [-0.39, 0.29) is 18.7 Å². The molecule has 0 bridgehead atoms. The predicted molar refractivity (Wildman–Crippen MR) is 96.2 cm³/mol. The molecule has 1 amide bonds. The lowest BCUT2D eigenvalue weighted by atomic mass is 10.2. The summed E-state index contributed by atoms with van der Waals surface area (Å²) in [5.74, 6) is 1.18. The van der Waals surface area contributed by atoms with Gasteiger partial charge in [-0.15, -0.1) is 0 Å². The van der Waals surface area contributed by atoms with Gasteiger partial charge in [0.05, 0.1) is 14.2 Å². The number of carbonyl (C=O) groups excluding carboxylic acids is 1. The largest absolute Gasteiger partial charge is 0.493 e. The number of aryl methyl sites for hydroxylation is 1. The molecule has 3 aromatic rings. The van der Waals surface area contributed by atoms with E-state index in [0.717, 1.165) is 0 Å². The summed E-state index contributed by atoms with van der Waals surface area (Å²) in [6, 6.07) is 11.0. The number of anilines is 1. The van der Waals surface area contributed by atoms with Crippen LogP contribution in [0.25, 0.3) is 11.4 Å². The third-order valence-electron chi connectivity index (χ3n) is 3.78. The summed E-state index contributed by atoms with van der Waals surface area (Å²) in [6.45, 7) is 0. The number of halogens is 1. The first kappa shape index (κ1) is 18.4. The highest BCUT2D eigenvalue weighted by Gasteiger charge is 2.13. The highest BCUT2D eigenvalue weighted by molar-refractivity contribution is 5.90. The van der Waals surface area contributed by atoms with Crippen LogP contribution in [0, 0.1) is 5.82 Å². The second kappa shape index (κ2) is 8.31. The van der Waals surface area contributed by atoms with Crippen LogP contribution < -0.4 is 14.8 Å². The van der Waals surface area contributed by atoms with E-state index >= 15 is 0 Å². The van der Waals surface area contributed by atoms with E-state index in [9.17, 15) is 9.18 Å². The summed E-state index contributed by atoms with van der Waals surface area (Å²) in [5, 5.41) is 6.55. The number of nitrogens with one attached hydrogen (secondary N) is 1. The minimum Gasteiger partial charge on any atom is -0.493 e. The Hall–Kier alpha value is -3.42. The van der Waals surface area contributed by atoms with Gasteiger partial charge in [-0.3, -0.25) is 4.79 Å². The molecule has 0 spiro atoms. The van der Waals surface area contributed by atoms with Crippen molar-refractivity contribution >= 4 is 11.6 Å². The number of carbonyl (C=O) groups is 1. The van der Waals surface area contributed by atoms with Crippen molar-refractivity contribution in [3.8, 4) is 22.9 Å². The van der Waals surface area contributed by atoms with E-state index in [4.69, 9.17) is 14.0 Å². The summed E-state index contributed by atoms with van der Waals surface area (Å²) in [5.41, 5.74) is 1.10. The second-order valence-corrected chi connectivity index (χ2v) is 5.64. The van der Waals surface area contributed by atoms with Crippen LogP contribution in [0.1, 0.15) is 12.3 Å². The van der Waals surface area contributed by atoms with E-state index in [1.54, 1.807) is 38.5 Å². The molecule has 2 aromatic carbocycles. The van der Waals surface area contributed by atoms with Gasteiger partial charge in [0, 0.05) is 24.1 Å². The van der Waals surface area contributed by atoms with Crippen LogP contribution in [-0.4, -0.2) is 30.3 Å². The molecular weight excluding hydrogens is 353 g/mol. The second-order valence-electron chi connectivity index (χ2n) is 5.64. The molecule has 7 nitrogen and oxygen atoms in total. The maximum atomic E-state index is 13.1. The fourth-order valence-corrected chi connectivity index (χ4v) is 2.46. The molecule has 3 rings (SSSR count). The van der Waals surface area contributed by atoms with Crippen LogP contribution in [0.2, 0.25) is 0 Å². The lowest BCUT2D eigenvalue weighted by molar-refractivity contribution is -0.116. The van der Waals surface area contributed by atoms with E-state index in [2.05, 4.69) is 15.5 Å². The molecule has 1 heterocycles. The zero-order valence-corrected chi connectivity index (χ0v) is 14.9. The SMILES string of the molecule is COc1ccc(-c2noc(CCC(=O)Nc3cccc(F)c3)n2)cc1OC. The number of benzene rings is 2. The maximum Gasteiger partial charge on any atom is 0.227 e. The number of hydrogen-bond donors (Lipinski definition) is 1. The Labute approximate surface area is 155 Å². The molecule has 0 saturated carbocycles. The number of nitrogens with zero attached hydrogens (tertiary/aromatic N) is 2. The number of rotatable bonds is 7. The van der Waals surface area contributed by atoms with Gasteiger partial charge in [-0.05, 0) is 36.4 Å². The number of aromatic nitrogens is 2. The molecule has 0 unspecified atom stereocenters. The molecule has 0 radical (unpaired) electrons. The van der Waals surface area contributed by atoms with Gasteiger partial charge in [0.25, 0.3) is 0 Å². The molecule has 0 aliphatic heterocycles. The molecule has 0 saturated heterocycles. The lowest BCUT2D eigenvalue weighted by Gasteiger charge is -2.07. The Morgan fingerprint density at radius 2 is 1.96 bits per heavy atom. The van der Waals surface area contributed by atoms with E-state index < -0.39 is 5.82 Å². The Bertz CT molecular complexity index is 942. The Morgan fingerprint density at radius 1 is 1.15 bits per heavy atom. The fraction of sp³-hybridized carbons (Fsp3) is 0.211. The number of amides is 1. The van der Waals surface area contributed by atoms with E-state index in [0.29, 0.717) is 34.5 Å².